The smallest absolute Gasteiger partial charge is 0.317 e. The first-order valence-corrected chi connectivity index (χ1v) is 9.21. The molecule has 0 bridgehead atoms. The van der Waals surface area contributed by atoms with Gasteiger partial charge in [0.15, 0.2) is 9.84 Å². The molecule has 2 rings (SSSR count). The zero-order valence-corrected chi connectivity index (χ0v) is 11.9. The average Bonchev–Trinajstić information content (AvgIpc) is 2.67. The van der Waals surface area contributed by atoms with E-state index in [0.717, 1.165) is 24.3 Å². The number of sulfone groups is 1. The van der Waals surface area contributed by atoms with Crippen molar-refractivity contribution in [2.45, 2.75) is 31.3 Å². The van der Waals surface area contributed by atoms with E-state index in [1.807, 2.05) is 16.7 Å². The first kappa shape index (κ1) is 14.1. The lowest BCUT2D eigenvalue weighted by molar-refractivity contribution is -0.139. The quantitative estimate of drug-likeness (QED) is 0.811. The second kappa shape index (κ2) is 5.79. The van der Waals surface area contributed by atoms with Gasteiger partial charge < -0.3 is 5.11 Å². The second-order valence-electron chi connectivity index (χ2n) is 4.99. The Morgan fingerprint density at radius 1 is 1.33 bits per heavy atom. The van der Waals surface area contributed by atoms with Crippen molar-refractivity contribution in [2.75, 3.05) is 29.6 Å². The zero-order valence-electron chi connectivity index (χ0n) is 10.2. The van der Waals surface area contributed by atoms with Crippen LogP contribution in [-0.2, 0) is 14.6 Å². The molecule has 18 heavy (non-hydrogen) atoms. The molecule has 0 saturated carbocycles. The Morgan fingerprint density at radius 3 is 2.61 bits per heavy atom. The van der Waals surface area contributed by atoms with Crippen molar-refractivity contribution in [3.63, 3.8) is 0 Å². The van der Waals surface area contributed by atoms with Gasteiger partial charge in [-0.1, -0.05) is 0 Å². The summed E-state index contributed by atoms with van der Waals surface area (Å²) in [7, 11) is -2.96. The van der Waals surface area contributed by atoms with Crippen LogP contribution in [0, 0.1) is 0 Å². The van der Waals surface area contributed by atoms with Gasteiger partial charge in [-0.25, -0.2) is 8.42 Å². The van der Waals surface area contributed by atoms with E-state index in [1.165, 1.54) is 0 Å². The Hall–Kier alpha value is -0.270. The molecule has 0 aromatic heterocycles. The van der Waals surface area contributed by atoms with Crippen molar-refractivity contribution in [1.82, 2.24) is 4.90 Å². The standard InChI is InChI=1S/C11H19NO4S2/c13-11(14)6-12(9-2-1-4-17-7-9)10-3-5-18(15,16)8-10/h9-10H,1-8H2,(H,13,14). The molecular weight excluding hydrogens is 274 g/mol. The van der Waals surface area contributed by atoms with Crippen LogP contribution < -0.4 is 0 Å². The fourth-order valence-electron chi connectivity index (χ4n) is 2.73. The highest BCUT2D eigenvalue weighted by Gasteiger charge is 2.36. The summed E-state index contributed by atoms with van der Waals surface area (Å²) >= 11 is 1.83. The van der Waals surface area contributed by atoms with Gasteiger partial charge in [0.25, 0.3) is 0 Å². The molecule has 0 spiro atoms. The Balaban J connectivity index is 2.07. The highest BCUT2D eigenvalue weighted by Crippen LogP contribution is 2.27. The molecule has 5 nitrogen and oxygen atoms in total. The van der Waals surface area contributed by atoms with Crippen LogP contribution in [0.15, 0.2) is 0 Å². The van der Waals surface area contributed by atoms with Gasteiger partial charge in [-0.05, 0) is 25.0 Å². The van der Waals surface area contributed by atoms with E-state index in [-0.39, 0.29) is 30.1 Å². The maximum atomic E-state index is 11.5. The third-order valence-electron chi connectivity index (χ3n) is 3.60. The van der Waals surface area contributed by atoms with Crippen LogP contribution in [-0.4, -0.2) is 66.0 Å². The fourth-order valence-corrected chi connectivity index (χ4v) is 5.64. The molecule has 7 heteroatoms. The summed E-state index contributed by atoms with van der Waals surface area (Å²) in [5, 5.41) is 9.01. The third kappa shape index (κ3) is 3.61. The summed E-state index contributed by atoms with van der Waals surface area (Å²) in [6.07, 6.45) is 2.65. The van der Waals surface area contributed by atoms with E-state index in [9.17, 15) is 13.2 Å². The Labute approximate surface area is 112 Å². The number of hydrogen-bond acceptors (Lipinski definition) is 5. The van der Waals surface area contributed by atoms with E-state index >= 15 is 0 Å². The number of nitrogens with zero attached hydrogens (tertiary/aromatic N) is 1. The maximum Gasteiger partial charge on any atom is 0.317 e. The first-order chi connectivity index (χ1) is 8.48. The second-order valence-corrected chi connectivity index (χ2v) is 8.37. The van der Waals surface area contributed by atoms with Crippen LogP contribution >= 0.6 is 11.8 Å². The van der Waals surface area contributed by atoms with Crippen molar-refractivity contribution in [2.24, 2.45) is 0 Å². The topological polar surface area (TPSA) is 74.7 Å². The SMILES string of the molecule is O=C(O)CN(C1CCCSC1)C1CCS(=O)(=O)C1. The van der Waals surface area contributed by atoms with Gasteiger partial charge in [0.2, 0.25) is 0 Å². The Kier molecular flexibility index (Phi) is 4.55. The number of rotatable bonds is 4. The number of carboxylic acid groups (broad SMARTS) is 1. The van der Waals surface area contributed by atoms with Crippen molar-refractivity contribution >= 4 is 27.6 Å². The lowest BCUT2D eigenvalue weighted by Gasteiger charge is -2.36. The lowest BCUT2D eigenvalue weighted by Crippen LogP contribution is -2.48. The molecular formula is C11H19NO4S2. The number of hydrogen-bond donors (Lipinski definition) is 1. The minimum absolute atomic E-state index is 0.0363. The summed E-state index contributed by atoms with van der Waals surface area (Å²) in [6.45, 7) is -0.0363. The van der Waals surface area contributed by atoms with Crippen LogP contribution in [0.2, 0.25) is 0 Å². The molecule has 2 aliphatic rings. The Morgan fingerprint density at radius 2 is 2.11 bits per heavy atom. The highest BCUT2D eigenvalue weighted by molar-refractivity contribution is 7.99. The van der Waals surface area contributed by atoms with Crippen LogP contribution in [0.25, 0.3) is 0 Å². The van der Waals surface area contributed by atoms with Crippen LogP contribution in [0.1, 0.15) is 19.3 Å². The van der Waals surface area contributed by atoms with Crippen molar-refractivity contribution in [1.29, 1.82) is 0 Å². The predicted octanol–water partition coefficient (Wildman–Crippen LogP) is 0.456. The molecule has 104 valence electrons. The molecule has 2 saturated heterocycles. The van der Waals surface area contributed by atoms with Crippen molar-refractivity contribution in [3.05, 3.63) is 0 Å². The molecule has 0 amide bonds. The molecule has 2 atom stereocenters. The maximum absolute atomic E-state index is 11.5. The summed E-state index contributed by atoms with van der Waals surface area (Å²) in [5.41, 5.74) is 0. The van der Waals surface area contributed by atoms with E-state index in [0.29, 0.717) is 6.42 Å². The van der Waals surface area contributed by atoms with Gasteiger partial charge in [0.1, 0.15) is 0 Å². The molecule has 1 N–H and O–H groups in total. The van der Waals surface area contributed by atoms with Gasteiger partial charge in [-0.15, -0.1) is 0 Å². The summed E-state index contributed by atoms with van der Waals surface area (Å²) in [6, 6.07) is 0.118. The van der Waals surface area contributed by atoms with Crippen LogP contribution in [0.4, 0.5) is 0 Å². The molecule has 0 aromatic carbocycles. The molecule has 0 radical (unpaired) electrons. The summed E-state index contributed by atoms with van der Waals surface area (Å²) in [5.74, 6) is 1.51. The molecule has 0 aliphatic carbocycles. The number of aliphatic carboxylic acids is 1. The number of thioether (sulfide) groups is 1. The molecule has 2 unspecified atom stereocenters. The van der Waals surface area contributed by atoms with Gasteiger partial charge in [0.05, 0.1) is 18.1 Å². The highest BCUT2D eigenvalue weighted by atomic mass is 32.2. The third-order valence-corrected chi connectivity index (χ3v) is 6.55. The summed E-state index contributed by atoms with van der Waals surface area (Å²) in [4.78, 5) is 12.9. The number of carboxylic acids is 1. The lowest BCUT2D eigenvalue weighted by atomic mass is 10.1. The van der Waals surface area contributed by atoms with E-state index in [1.54, 1.807) is 0 Å². The molecule has 2 aliphatic heterocycles. The largest absolute Gasteiger partial charge is 0.480 e. The predicted molar refractivity (Wildman–Crippen MR) is 71.7 cm³/mol. The van der Waals surface area contributed by atoms with E-state index in [2.05, 4.69) is 0 Å². The molecule has 2 fully saturated rings. The Bertz CT molecular complexity index is 403. The van der Waals surface area contributed by atoms with Crippen molar-refractivity contribution < 1.29 is 18.3 Å². The number of carbonyl (C=O) groups is 1. The van der Waals surface area contributed by atoms with Gasteiger partial charge in [-0.2, -0.15) is 11.8 Å². The summed E-state index contributed by atoms with van der Waals surface area (Å²) < 4.78 is 23.1. The van der Waals surface area contributed by atoms with Crippen molar-refractivity contribution in [3.8, 4) is 0 Å². The minimum atomic E-state index is -2.96. The van der Waals surface area contributed by atoms with E-state index < -0.39 is 15.8 Å². The zero-order chi connectivity index (χ0) is 13.2. The average molecular weight is 293 g/mol. The van der Waals surface area contributed by atoms with Crippen LogP contribution in [0.5, 0.6) is 0 Å². The molecule has 2 heterocycles. The first-order valence-electron chi connectivity index (χ1n) is 6.23. The fraction of sp³-hybridized carbons (Fsp3) is 0.909. The minimum Gasteiger partial charge on any atom is -0.480 e. The van der Waals surface area contributed by atoms with Gasteiger partial charge in [0, 0.05) is 17.8 Å². The van der Waals surface area contributed by atoms with E-state index in [4.69, 9.17) is 5.11 Å². The molecule has 0 aromatic rings. The normalized spacial score (nSPS) is 31.6. The van der Waals surface area contributed by atoms with Crippen LogP contribution in [0.3, 0.4) is 0 Å². The van der Waals surface area contributed by atoms with Gasteiger partial charge in [-0.3, -0.25) is 9.69 Å². The monoisotopic (exact) mass is 293 g/mol. The van der Waals surface area contributed by atoms with Gasteiger partial charge >= 0.3 is 5.97 Å².